The van der Waals surface area contributed by atoms with E-state index in [1.54, 1.807) is 11.8 Å². The van der Waals surface area contributed by atoms with E-state index in [0.717, 1.165) is 11.6 Å². The van der Waals surface area contributed by atoms with Crippen molar-refractivity contribution in [1.82, 2.24) is 0 Å². The topological polar surface area (TPSA) is 27.4 Å². The first-order valence-electron chi connectivity index (χ1n) is 13.8. The number of allylic oxidation sites excluding steroid dienone is 6. The quantitative estimate of drug-likeness (QED) is 0.164. The van der Waals surface area contributed by atoms with Gasteiger partial charge in [0.2, 0.25) is 5.52 Å². The van der Waals surface area contributed by atoms with Crippen molar-refractivity contribution in [3.05, 3.63) is 95.0 Å². The first kappa shape index (κ1) is 34.5. The lowest BCUT2D eigenvalue weighted by atomic mass is 10.2. The zero-order valence-electron chi connectivity index (χ0n) is 23.7. The van der Waals surface area contributed by atoms with Gasteiger partial charge in [-0.1, -0.05) is 77.7 Å². The lowest BCUT2D eigenvalue weighted by Crippen LogP contribution is -3.00. The number of aromatic nitrogens is 1. The average molecular weight is 708 g/mol. The normalized spacial score (nSPS) is 14.5. The van der Waals surface area contributed by atoms with Crippen molar-refractivity contribution in [3.8, 4) is 0 Å². The van der Waals surface area contributed by atoms with Crippen molar-refractivity contribution < 1.29 is 48.1 Å². The SMILES string of the molecule is CC[N+](CC)(CC)CCC[n+]1c(C=CC=CC=CC=C2Sc3ccccc3N2CCO)sc2ccccc21.[Br-].[Br-]. The Morgan fingerprint density at radius 1 is 0.875 bits per heavy atom. The number of benzene rings is 2. The number of fused-ring (bicyclic) bond motifs is 2. The third-order valence-corrected chi connectivity index (χ3v) is 9.81. The lowest BCUT2D eigenvalue weighted by Gasteiger charge is -2.35. The maximum absolute atomic E-state index is 9.50. The summed E-state index contributed by atoms with van der Waals surface area (Å²) in [4.78, 5) is 3.41. The molecule has 2 aromatic carbocycles. The van der Waals surface area contributed by atoms with Crippen LogP contribution in [0.2, 0.25) is 0 Å². The van der Waals surface area contributed by atoms with E-state index in [-0.39, 0.29) is 40.6 Å². The number of hydrogen-bond donors (Lipinski definition) is 1. The number of anilines is 1. The molecule has 1 aliphatic heterocycles. The highest BCUT2D eigenvalue weighted by atomic mass is 79.9. The minimum atomic E-state index is 0. The molecule has 0 unspecified atom stereocenters. The van der Waals surface area contributed by atoms with Gasteiger partial charge in [-0.25, -0.2) is 0 Å². The Morgan fingerprint density at radius 2 is 1.55 bits per heavy atom. The van der Waals surface area contributed by atoms with Crippen molar-refractivity contribution in [1.29, 1.82) is 0 Å². The fraction of sp³-hybridized carbons (Fsp3) is 0.344. The third kappa shape index (κ3) is 8.43. The lowest BCUT2D eigenvalue weighted by molar-refractivity contribution is -0.925. The van der Waals surface area contributed by atoms with Crippen LogP contribution in [0.15, 0.2) is 94.9 Å². The van der Waals surface area contributed by atoms with E-state index in [9.17, 15) is 5.11 Å². The van der Waals surface area contributed by atoms with Gasteiger partial charge in [0, 0.05) is 23.6 Å². The molecular weight excluding hydrogens is 666 g/mol. The predicted octanol–water partition coefficient (Wildman–Crippen LogP) is 1.04. The van der Waals surface area contributed by atoms with Crippen molar-refractivity contribution in [2.75, 3.05) is 44.2 Å². The molecule has 0 radical (unpaired) electrons. The monoisotopic (exact) mass is 705 g/mol. The number of halogens is 2. The Bertz CT molecular complexity index is 1320. The second-order valence-corrected chi connectivity index (χ2v) is 11.6. The minimum Gasteiger partial charge on any atom is -1.00 e. The molecule has 216 valence electrons. The first-order chi connectivity index (χ1) is 18.6. The van der Waals surface area contributed by atoms with Gasteiger partial charge < -0.3 is 48.5 Å². The van der Waals surface area contributed by atoms with Gasteiger partial charge in [0.25, 0.3) is 5.01 Å². The third-order valence-electron chi connectivity index (χ3n) is 7.55. The molecular formula is C32H41Br2N3OS2. The molecule has 1 aromatic heterocycles. The van der Waals surface area contributed by atoms with Crippen LogP contribution in [-0.4, -0.2) is 48.9 Å². The molecule has 4 nitrogen and oxygen atoms in total. The smallest absolute Gasteiger partial charge is 0.262 e. The van der Waals surface area contributed by atoms with Crippen LogP contribution in [0.4, 0.5) is 5.69 Å². The molecule has 0 fully saturated rings. The van der Waals surface area contributed by atoms with Gasteiger partial charge in [0.05, 0.1) is 49.9 Å². The number of nitrogens with zero attached hydrogens (tertiary/aromatic N) is 3. The number of aliphatic hydroxyl groups excluding tert-OH is 1. The van der Waals surface area contributed by atoms with Gasteiger partial charge in [0.1, 0.15) is 4.70 Å². The number of para-hydroxylation sites is 2. The van der Waals surface area contributed by atoms with Gasteiger partial charge in [-0.05, 0) is 45.0 Å². The summed E-state index contributed by atoms with van der Waals surface area (Å²) in [6.07, 6.45) is 16.0. The zero-order valence-corrected chi connectivity index (χ0v) is 28.5. The second kappa shape index (κ2) is 17.3. The molecule has 0 saturated carbocycles. The molecule has 0 atom stereocenters. The highest BCUT2D eigenvalue weighted by Crippen LogP contribution is 2.45. The van der Waals surface area contributed by atoms with Crippen LogP contribution >= 0.6 is 23.1 Å². The fourth-order valence-corrected chi connectivity index (χ4v) is 7.30. The molecule has 3 aromatic rings. The van der Waals surface area contributed by atoms with Crippen molar-refractivity contribution >= 4 is 45.1 Å². The van der Waals surface area contributed by atoms with E-state index in [4.69, 9.17) is 0 Å². The van der Waals surface area contributed by atoms with Gasteiger partial charge in [0.15, 0.2) is 6.54 Å². The van der Waals surface area contributed by atoms with Crippen molar-refractivity contribution in [2.24, 2.45) is 0 Å². The number of rotatable bonds is 13. The molecule has 0 spiro atoms. The molecule has 0 bridgehead atoms. The van der Waals surface area contributed by atoms with Gasteiger partial charge in [-0.15, -0.1) is 0 Å². The Hall–Kier alpha value is -1.68. The van der Waals surface area contributed by atoms with Crippen LogP contribution in [0.1, 0.15) is 32.2 Å². The summed E-state index contributed by atoms with van der Waals surface area (Å²) in [6.45, 7) is 13.6. The Labute approximate surface area is 269 Å². The van der Waals surface area contributed by atoms with Crippen LogP contribution in [0.3, 0.4) is 0 Å². The molecule has 1 aliphatic rings. The Morgan fingerprint density at radius 3 is 2.30 bits per heavy atom. The molecule has 1 N–H and O–H groups in total. The summed E-state index contributed by atoms with van der Waals surface area (Å²) in [5.41, 5.74) is 2.50. The van der Waals surface area contributed by atoms with E-state index in [1.807, 2.05) is 17.4 Å². The van der Waals surface area contributed by atoms with E-state index in [1.165, 1.54) is 62.9 Å². The molecule has 4 rings (SSSR count). The molecule has 8 heteroatoms. The summed E-state index contributed by atoms with van der Waals surface area (Å²) >= 11 is 3.61. The summed E-state index contributed by atoms with van der Waals surface area (Å²) in [7, 11) is 0. The van der Waals surface area contributed by atoms with Gasteiger partial charge in [-0.3, -0.25) is 0 Å². The predicted molar refractivity (Wildman–Crippen MR) is 166 cm³/mol. The van der Waals surface area contributed by atoms with Crippen LogP contribution in [0.25, 0.3) is 16.3 Å². The number of quaternary nitrogens is 1. The van der Waals surface area contributed by atoms with Crippen LogP contribution in [0, 0.1) is 0 Å². The Balaban J connectivity index is 0.00000280. The average Bonchev–Trinajstić information content (AvgIpc) is 3.48. The summed E-state index contributed by atoms with van der Waals surface area (Å²) < 4.78 is 5.03. The minimum absolute atomic E-state index is 0. The van der Waals surface area contributed by atoms with Gasteiger partial charge in [-0.2, -0.15) is 4.57 Å². The molecule has 0 aliphatic carbocycles. The highest BCUT2D eigenvalue weighted by molar-refractivity contribution is 8.03. The number of thioether (sulfide) groups is 1. The van der Waals surface area contributed by atoms with Crippen LogP contribution in [0.5, 0.6) is 0 Å². The molecule has 0 amide bonds. The number of aryl methyl sites for hydroxylation is 1. The summed E-state index contributed by atoms with van der Waals surface area (Å²) in [5, 5.41) is 11.9. The number of hydrogen-bond acceptors (Lipinski definition) is 4. The molecule has 0 saturated heterocycles. The standard InChI is InChI=1S/C32H41N3OS2.2BrH/c1-4-35(5-2,6-3)25-16-23-33-27-17-12-14-19-29(27)37-31(33)21-10-8-7-9-11-22-32-34(24-26-36)28-18-13-15-20-30(28)38-32;;/h7-15,17-22,36H,4-6,16,23-26H2,1-3H3;2*1H/q+2;;/p-2. The largest absolute Gasteiger partial charge is 1.00 e. The maximum Gasteiger partial charge on any atom is 0.262 e. The molecule has 2 heterocycles. The van der Waals surface area contributed by atoms with E-state index >= 15 is 0 Å². The Kier molecular flexibility index (Phi) is 14.9. The summed E-state index contributed by atoms with van der Waals surface area (Å²) in [5.74, 6) is 0. The van der Waals surface area contributed by atoms with Crippen LogP contribution in [-0.2, 0) is 6.54 Å². The second-order valence-electron chi connectivity index (χ2n) is 9.51. The van der Waals surface area contributed by atoms with E-state index < -0.39 is 0 Å². The van der Waals surface area contributed by atoms with Crippen LogP contribution < -0.4 is 43.4 Å². The van der Waals surface area contributed by atoms with E-state index in [0.29, 0.717) is 6.54 Å². The summed E-state index contributed by atoms with van der Waals surface area (Å²) in [6, 6.07) is 17.1. The van der Waals surface area contributed by atoms with Crippen molar-refractivity contribution in [2.45, 2.75) is 38.6 Å². The zero-order chi connectivity index (χ0) is 26.8. The molecule has 40 heavy (non-hydrogen) atoms. The number of thiazole rings is 1. The first-order valence-corrected chi connectivity index (χ1v) is 15.4. The van der Waals surface area contributed by atoms with Crippen molar-refractivity contribution in [3.63, 3.8) is 0 Å². The highest BCUT2D eigenvalue weighted by Gasteiger charge is 2.24. The number of aliphatic hydroxyl groups is 1. The maximum atomic E-state index is 9.50. The number of β-amino-alcohol motifs (C(OH)–C–C–N with tert-alkyl or cyclic N) is 1. The van der Waals surface area contributed by atoms with E-state index in [2.05, 4.69) is 115 Å². The fourth-order valence-electron chi connectivity index (χ4n) is 5.09. The van der Waals surface area contributed by atoms with Gasteiger partial charge >= 0.3 is 0 Å².